The van der Waals surface area contributed by atoms with Crippen LogP contribution in [-0.2, 0) is 15.2 Å². The Bertz CT molecular complexity index is 531. The summed E-state index contributed by atoms with van der Waals surface area (Å²) in [6, 6.07) is 8.77. The molecule has 0 bridgehead atoms. The summed E-state index contributed by atoms with van der Waals surface area (Å²) in [5.41, 5.74) is 2.70. The Morgan fingerprint density at radius 1 is 1.30 bits per heavy atom. The second-order valence-electron chi connectivity index (χ2n) is 6.88. The number of ether oxygens (including phenoxy) is 2. The van der Waals surface area contributed by atoms with Gasteiger partial charge in [0.15, 0.2) is 5.96 Å². The van der Waals surface area contributed by atoms with E-state index in [1.54, 1.807) is 0 Å². The predicted molar refractivity (Wildman–Crippen MR) is 116 cm³/mol. The van der Waals surface area contributed by atoms with Gasteiger partial charge in [0.25, 0.3) is 0 Å². The average molecular weight is 394 g/mol. The van der Waals surface area contributed by atoms with Crippen molar-refractivity contribution in [2.75, 3.05) is 51.8 Å². The van der Waals surface area contributed by atoms with E-state index in [4.69, 9.17) is 9.47 Å². The fraction of sp³-hybridized carbons (Fsp3) is 0.667. The molecule has 1 atom stereocenters. The molecule has 1 heterocycles. The van der Waals surface area contributed by atoms with E-state index < -0.39 is 0 Å². The molecule has 0 aromatic heterocycles. The second-order valence-corrected chi connectivity index (χ2v) is 7.99. The summed E-state index contributed by atoms with van der Waals surface area (Å²) in [7, 11) is 0. The quantitative estimate of drug-likeness (QED) is 0.324. The van der Waals surface area contributed by atoms with Crippen LogP contribution in [0, 0.1) is 12.8 Å². The molecule has 2 N–H and O–H groups in total. The molecule has 1 unspecified atom stereocenters. The van der Waals surface area contributed by atoms with E-state index in [2.05, 4.69) is 53.7 Å². The highest BCUT2D eigenvalue weighted by Gasteiger charge is 2.15. The number of hydrogen-bond donors (Lipinski definition) is 2. The largest absolute Gasteiger partial charge is 0.381 e. The maximum Gasteiger partial charge on any atom is 0.191 e. The molecule has 0 spiro atoms. The van der Waals surface area contributed by atoms with Crippen LogP contribution in [-0.4, -0.2) is 57.8 Å². The molecule has 1 saturated heterocycles. The first-order valence-corrected chi connectivity index (χ1v) is 11.2. The van der Waals surface area contributed by atoms with Crippen LogP contribution >= 0.6 is 11.8 Å². The van der Waals surface area contributed by atoms with E-state index in [1.165, 1.54) is 11.1 Å². The minimum Gasteiger partial charge on any atom is -0.381 e. The fourth-order valence-corrected chi connectivity index (χ4v) is 3.60. The molecule has 0 aliphatic carbocycles. The fourth-order valence-electron chi connectivity index (χ4n) is 2.78. The van der Waals surface area contributed by atoms with E-state index in [9.17, 15) is 0 Å². The van der Waals surface area contributed by atoms with Crippen LogP contribution in [0.3, 0.4) is 0 Å². The summed E-state index contributed by atoms with van der Waals surface area (Å²) in [6.07, 6.45) is 2.08. The number of thioether (sulfide) groups is 1. The Kier molecular flexibility index (Phi) is 11.3. The molecular weight excluding hydrogens is 358 g/mol. The third kappa shape index (κ3) is 10.0. The van der Waals surface area contributed by atoms with E-state index >= 15 is 0 Å². The van der Waals surface area contributed by atoms with Gasteiger partial charge < -0.3 is 20.1 Å². The van der Waals surface area contributed by atoms with Crippen LogP contribution in [0.4, 0.5) is 0 Å². The number of hydrogen-bond acceptors (Lipinski definition) is 4. The third-order valence-electron chi connectivity index (χ3n) is 4.37. The van der Waals surface area contributed by atoms with Crippen molar-refractivity contribution in [3.05, 3.63) is 35.4 Å². The van der Waals surface area contributed by atoms with E-state index in [1.807, 2.05) is 11.8 Å². The van der Waals surface area contributed by atoms with Gasteiger partial charge in [-0.25, -0.2) is 0 Å². The molecule has 1 aliphatic heterocycles. The lowest BCUT2D eigenvalue weighted by Crippen LogP contribution is -2.38. The van der Waals surface area contributed by atoms with Gasteiger partial charge in [-0.2, -0.15) is 11.8 Å². The van der Waals surface area contributed by atoms with Crippen molar-refractivity contribution in [2.45, 2.75) is 32.4 Å². The normalized spacial score (nSPS) is 17.3. The maximum absolute atomic E-state index is 5.73. The van der Waals surface area contributed by atoms with Crippen LogP contribution in [0.25, 0.3) is 0 Å². The summed E-state index contributed by atoms with van der Waals surface area (Å²) in [6.45, 7) is 10.1. The first-order chi connectivity index (χ1) is 13.3. The molecule has 1 aromatic carbocycles. The Labute approximate surface area is 168 Å². The summed E-state index contributed by atoms with van der Waals surface area (Å²) in [4.78, 5) is 4.63. The van der Waals surface area contributed by atoms with Crippen molar-refractivity contribution in [3.8, 4) is 0 Å². The van der Waals surface area contributed by atoms with Gasteiger partial charge >= 0.3 is 0 Å². The molecule has 2 rings (SSSR count). The Morgan fingerprint density at radius 3 is 2.89 bits per heavy atom. The van der Waals surface area contributed by atoms with E-state index in [0.29, 0.717) is 5.92 Å². The lowest BCUT2D eigenvalue weighted by atomic mass is 10.1. The van der Waals surface area contributed by atoms with E-state index in [0.717, 1.165) is 76.4 Å². The van der Waals surface area contributed by atoms with Crippen LogP contribution in [0.1, 0.15) is 30.9 Å². The molecule has 27 heavy (non-hydrogen) atoms. The molecule has 0 saturated carbocycles. The highest BCUT2D eigenvalue weighted by Crippen LogP contribution is 2.13. The predicted octanol–water partition coefficient (Wildman–Crippen LogP) is 3.23. The standard InChI is InChI=1S/C21H35N3O2S/c1-3-22-21(23-10-4-12-25-15-20-9-13-26-16-20)24-11-14-27-17-19-7-5-18(2)6-8-19/h5-8,20H,3-4,9-17H2,1-2H3,(H2,22,23,24). The molecule has 1 aromatic rings. The SMILES string of the molecule is CCNC(=NCCCOCC1CCOC1)NCCSCc1ccc(C)cc1. The molecule has 5 nitrogen and oxygen atoms in total. The summed E-state index contributed by atoms with van der Waals surface area (Å²) < 4.78 is 11.1. The zero-order valence-electron chi connectivity index (χ0n) is 16.8. The topological polar surface area (TPSA) is 54.9 Å². The molecule has 1 aliphatic rings. The lowest BCUT2D eigenvalue weighted by molar-refractivity contribution is 0.0893. The van der Waals surface area contributed by atoms with Gasteiger partial charge in [-0.3, -0.25) is 4.99 Å². The lowest BCUT2D eigenvalue weighted by Gasteiger charge is -2.11. The number of benzene rings is 1. The minimum absolute atomic E-state index is 0.588. The Hall–Kier alpha value is -1.24. The van der Waals surface area contributed by atoms with Crippen molar-refractivity contribution >= 4 is 17.7 Å². The van der Waals surface area contributed by atoms with Crippen LogP contribution in [0.15, 0.2) is 29.3 Å². The number of rotatable bonds is 12. The first kappa shape index (κ1) is 22.1. The summed E-state index contributed by atoms with van der Waals surface area (Å²) >= 11 is 1.94. The molecule has 1 fully saturated rings. The van der Waals surface area contributed by atoms with Crippen molar-refractivity contribution in [1.82, 2.24) is 10.6 Å². The van der Waals surface area contributed by atoms with Crippen molar-refractivity contribution in [2.24, 2.45) is 10.9 Å². The zero-order chi connectivity index (χ0) is 19.2. The minimum atomic E-state index is 0.588. The van der Waals surface area contributed by atoms with Crippen molar-refractivity contribution in [1.29, 1.82) is 0 Å². The second kappa shape index (κ2) is 13.9. The highest BCUT2D eigenvalue weighted by atomic mass is 32.2. The third-order valence-corrected chi connectivity index (χ3v) is 5.40. The first-order valence-electron chi connectivity index (χ1n) is 10.1. The van der Waals surface area contributed by atoms with Gasteiger partial charge in [0.1, 0.15) is 0 Å². The monoisotopic (exact) mass is 393 g/mol. The number of guanidine groups is 1. The number of aliphatic imine (C=N–C) groups is 1. The van der Waals surface area contributed by atoms with Gasteiger partial charge in [0.05, 0.1) is 13.2 Å². The number of aryl methyl sites for hydroxylation is 1. The smallest absolute Gasteiger partial charge is 0.191 e. The van der Waals surface area contributed by atoms with Gasteiger partial charge in [-0.05, 0) is 32.3 Å². The molecule has 152 valence electrons. The highest BCUT2D eigenvalue weighted by molar-refractivity contribution is 7.98. The van der Waals surface area contributed by atoms with E-state index in [-0.39, 0.29) is 0 Å². The van der Waals surface area contributed by atoms with Crippen molar-refractivity contribution < 1.29 is 9.47 Å². The number of nitrogens with one attached hydrogen (secondary N) is 2. The maximum atomic E-state index is 5.73. The van der Waals surface area contributed by atoms with Crippen LogP contribution in [0.5, 0.6) is 0 Å². The average Bonchev–Trinajstić information content (AvgIpc) is 3.19. The molecule has 0 amide bonds. The molecule has 6 heteroatoms. The summed E-state index contributed by atoms with van der Waals surface area (Å²) in [5.74, 6) is 3.60. The van der Waals surface area contributed by atoms with Crippen LogP contribution in [0.2, 0.25) is 0 Å². The van der Waals surface area contributed by atoms with Gasteiger partial charge in [-0.15, -0.1) is 0 Å². The zero-order valence-corrected chi connectivity index (χ0v) is 17.7. The van der Waals surface area contributed by atoms with Crippen molar-refractivity contribution in [3.63, 3.8) is 0 Å². The summed E-state index contributed by atoms with van der Waals surface area (Å²) in [5, 5.41) is 6.72. The van der Waals surface area contributed by atoms with Gasteiger partial charge in [0.2, 0.25) is 0 Å². The molecular formula is C21H35N3O2S. The van der Waals surface area contributed by atoms with Gasteiger partial charge in [-0.1, -0.05) is 29.8 Å². The Balaban J connectivity index is 1.52. The Morgan fingerprint density at radius 2 is 2.15 bits per heavy atom. The number of nitrogens with zero attached hydrogens (tertiary/aromatic N) is 1. The van der Waals surface area contributed by atoms with Gasteiger partial charge in [0, 0.05) is 50.3 Å². The van der Waals surface area contributed by atoms with Crippen LogP contribution < -0.4 is 10.6 Å². The molecule has 0 radical (unpaired) electrons.